The number of morpholine rings is 1. The van der Waals surface area contributed by atoms with Crippen molar-refractivity contribution in [1.29, 1.82) is 0 Å². The number of phenols is 1. The van der Waals surface area contributed by atoms with Crippen molar-refractivity contribution < 1.29 is 19.4 Å². The maximum atomic E-state index is 12.8. The van der Waals surface area contributed by atoms with E-state index < -0.39 is 6.04 Å². The van der Waals surface area contributed by atoms with Gasteiger partial charge in [-0.3, -0.25) is 14.7 Å². The Labute approximate surface area is 157 Å². The average molecular weight is 370 g/mol. The number of ether oxygens (including phenoxy) is 2. The summed E-state index contributed by atoms with van der Waals surface area (Å²) in [6, 6.07) is 9.95. The molecule has 0 unspecified atom stereocenters. The summed E-state index contributed by atoms with van der Waals surface area (Å²) < 4.78 is 10.4. The topological polar surface area (TPSA) is 96.3 Å². The van der Waals surface area contributed by atoms with Crippen molar-refractivity contribution in [1.82, 2.24) is 15.3 Å². The summed E-state index contributed by atoms with van der Waals surface area (Å²) in [7, 11) is 1.47. The van der Waals surface area contributed by atoms with E-state index in [4.69, 9.17) is 9.47 Å². The lowest BCUT2D eigenvalue weighted by molar-refractivity contribution is -0.128. The normalized spacial score (nSPS) is 16.2. The summed E-state index contributed by atoms with van der Waals surface area (Å²) in [4.78, 5) is 19.1. The molecule has 1 amide bonds. The average Bonchev–Trinajstić information content (AvgIpc) is 2.71. The van der Waals surface area contributed by atoms with E-state index in [2.05, 4.69) is 15.5 Å². The number of carbonyl (C=O) groups excluding carboxylic acids is 1. The van der Waals surface area contributed by atoms with Crippen LogP contribution in [0, 0.1) is 0 Å². The fourth-order valence-electron chi connectivity index (χ4n) is 2.90. The second-order valence-corrected chi connectivity index (χ2v) is 5.94. The molecule has 27 heavy (non-hydrogen) atoms. The molecule has 1 aromatic carbocycles. The van der Waals surface area contributed by atoms with Crippen LogP contribution < -0.4 is 10.2 Å². The molecule has 2 N–H and O–H groups in total. The highest BCUT2D eigenvalue weighted by atomic mass is 16.5. The minimum absolute atomic E-state index is 0.0348. The van der Waals surface area contributed by atoms with Gasteiger partial charge in [0, 0.05) is 24.8 Å². The SMILES string of the molecule is COc1cccc(/C=N\NC(=O)[C@H](c2ccccn2)N2CCOCC2)c1O. The van der Waals surface area contributed by atoms with Crippen molar-refractivity contribution in [3.05, 3.63) is 53.9 Å². The quantitative estimate of drug-likeness (QED) is 0.588. The zero-order valence-electron chi connectivity index (χ0n) is 15.0. The molecule has 2 heterocycles. The summed E-state index contributed by atoms with van der Waals surface area (Å²) in [5.74, 6) is 0.00615. The van der Waals surface area contributed by atoms with Crippen molar-refractivity contribution in [2.75, 3.05) is 33.4 Å². The monoisotopic (exact) mass is 370 g/mol. The van der Waals surface area contributed by atoms with Crippen molar-refractivity contribution in [2.45, 2.75) is 6.04 Å². The molecular formula is C19H22N4O4. The zero-order chi connectivity index (χ0) is 19.1. The fourth-order valence-corrected chi connectivity index (χ4v) is 2.90. The van der Waals surface area contributed by atoms with Crippen molar-refractivity contribution >= 4 is 12.1 Å². The Hall–Kier alpha value is -2.97. The van der Waals surface area contributed by atoms with Gasteiger partial charge in [-0.2, -0.15) is 5.10 Å². The molecule has 0 aliphatic carbocycles. The summed E-state index contributed by atoms with van der Waals surface area (Å²) in [6.07, 6.45) is 3.04. The highest BCUT2D eigenvalue weighted by Gasteiger charge is 2.30. The molecule has 0 bridgehead atoms. The molecule has 0 saturated carbocycles. The highest BCUT2D eigenvalue weighted by molar-refractivity contribution is 5.87. The lowest BCUT2D eigenvalue weighted by Crippen LogP contribution is -2.45. The van der Waals surface area contributed by atoms with Gasteiger partial charge in [0.25, 0.3) is 5.91 Å². The molecule has 8 heteroatoms. The second-order valence-electron chi connectivity index (χ2n) is 5.94. The van der Waals surface area contributed by atoms with Crippen LogP contribution in [0.4, 0.5) is 0 Å². The van der Waals surface area contributed by atoms with Crippen LogP contribution in [0.5, 0.6) is 11.5 Å². The molecule has 1 fully saturated rings. The van der Waals surface area contributed by atoms with Gasteiger partial charge in [-0.25, -0.2) is 5.43 Å². The Bertz CT molecular complexity index is 792. The number of hydrazone groups is 1. The third-order valence-electron chi connectivity index (χ3n) is 4.26. The first-order chi connectivity index (χ1) is 13.2. The molecule has 1 aliphatic rings. The standard InChI is InChI=1S/C19H22N4O4/c1-26-16-7-4-5-14(18(16)24)13-21-22-19(25)17(15-6-2-3-8-20-15)23-9-11-27-12-10-23/h2-8,13,17,24H,9-12H2,1H3,(H,22,25)/b21-13-/t17-/m0/s1. The van der Waals surface area contributed by atoms with Gasteiger partial charge in [0.15, 0.2) is 11.5 Å². The van der Waals surface area contributed by atoms with Gasteiger partial charge < -0.3 is 14.6 Å². The summed E-state index contributed by atoms with van der Waals surface area (Å²) in [5.41, 5.74) is 3.64. The Morgan fingerprint density at radius 3 is 2.85 bits per heavy atom. The van der Waals surface area contributed by atoms with Crippen LogP contribution >= 0.6 is 0 Å². The van der Waals surface area contributed by atoms with Gasteiger partial charge in [0.1, 0.15) is 6.04 Å². The lowest BCUT2D eigenvalue weighted by atomic mass is 10.1. The van der Waals surface area contributed by atoms with Crippen molar-refractivity contribution in [2.24, 2.45) is 5.10 Å². The number of aromatic nitrogens is 1. The van der Waals surface area contributed by atoms with Gasteiger partial charge in [-0.15, -0.1) is 0 Å². The first kappa shape index (κ1) is 18.8. The van der Waals surface area contributed by atoms with Gasteiger partial charge in [0.2, 0.25) is 0 Å². The number of carbonyl (C=O) groups is 1. The number of para-hydroxylation sites is 1. The van der Waals surface area contributed by atoms with Gasteiger partial charge in [0.05, 0.1) is 32.2 Å². The van der Waals surface area contributed by atoms with Crippen LogP contribution in [0.15, 0.2) is 47.7 Å². The summed E-state index contributed by atoms with van der Waals surface area (Å²) >= 11 is 0. The number of rotatable bonds is 6. The minimum Gasteiger partial charge on any atom is -0.504 e. The highest BCUT2D eigenvalue weighted by Crippen LogP contribution is 2.28. The first-order valence-electron chi connectivity index (χ1n) is 8.62. The first-order valence-corrected chi connectivity index (χ1v) is 8.62. The molecule has 1 saturated heterocycles. The number of nitrogens with zero attached hydrogens (tertiary/aromatic N) is 3. The van der Waals surface area contributed by atoms with Crippen LogP contribution in [-0.2, 0) is 9.53 Å². The summed E-state index contributed by atoms with van der Waals surface area (Å²) in [5, 5.41) is 14.1. The number of hydrogen-bond acceptors (Lipinski definition) is 7. The number of methoxy groups -OCH3 is 1. The number of benzene rings is 1. The van der Waals surface area contributed by atoms with Gasteiger partial charge in [-0.05, 0) is 24.3 Å². The smallest absolute Gasteiger partial charge is 0.263 e. The van der Waals surface area contributed by atoms with Crippen LogP contribution in [0.3, 0.4) is 0 Å². The largest absolute Gasteiger partial charge is 0.504 e. The predicted molar refractivity (Wildman–Crippen MR) is 99.8 cm³/mol. The van der Waals surface area contributed by atoms with E-state index in [0.29, 0.717) is 43.3 Å². The molecule has 8 nitrogen and oxygen atoms in total. The van der Waals surface area contributed by atoms with E-state index in [1.807, 2.05) is 23.1 Å². The van der Waals surface area contributed by atoms with Gasteiger partial charge in [-0.1, -0.05) is 12.1 Å². The van der Waals surface area contributed by atoms with Crippen LogP contribution in [0.25, 0.3) is 0 Å². The Kier molecular flexibility index (Phi) is 6.35. The van der Waals surface area contributed by atoms with E-state index in [-0.39, 0.29) is 11.7 Å². The zero-order valence-corrected chi connectivity index (χ0v) is 15.0. The Balaban J connectivity index is 1.75. The van der Waals surface area contributed by atoms with E-state index >= 15 is 0 Å². The van der Waals surface area contributed by atoms with E-state index in [0.717, 1.165) is 0 Å². The molecule has 2 aromatic rings. The number of phenolic OH excluding ortho intramolecular Hbond substituents is 1. The van der Waals surface area contributed by atoms with E-state index in [9.17, 15) is 9.90 Å². The van der Waals surface area contributed by atoms with Crippen molar-refractivity contribution in [3.8, 4) is 11.5 Å². The van der Waals surface area contributed by atoms with E-state index in [1.54, 1.807) is 24.4 Å². The fraction of sp³-hybridized carbons (Fsp3) is 0.316. The lowest BCUT2D eigenvalue weighted by Gasteiger charge is -2.32. The molecule has 0 radical (unpaired) electrons. The third-order valence-corrected chi connectivity index (χ3v) is 4.26. The molecule has 1 atom stereocenters. The number of hydrogen-bond donors (Lipinski definition) is 2. The van der Waals surface area contributed by atoms with E-state index in [1.165, 1.54) is 13.3 Å². The molecule has 0 spiro atoms. The number of aromatic hydroxyl groups is 1. The Morgan fingerprint density at radius 1 is 1.33 bits per heavy atom. The van der Waals surface area contributed by atoms with Gasteiger partial charge >= 0.3 is 0 Å². The molecule has 1 aromatic heterocycles. The maximum Gasteiger partial charge on any atom is 0.263 e. The second kappa shape index (κ2) is 9.11. The molecule has 3 rings (SSSR count). The number of pyridine rings is 1. The van der Waals surface area contributed by atoms with Crippen LogP contribution in [0.2, 0.25) is 0 Å². The maximum absolute atomic E-state index is 12.8. The predicted octanol–water partition coefficient (Wildman–Crippen LogP) is 1.32. The third kappa shape index (κ3) is 4.60. The van der Waals surface area contributed by atoms with Crippen LogP contribution in [0.1, 0.15) is 17.3 Å². The molecule has 1 aliphatic heterocycles. The van der Waals surface area contributed by atoms with Crippen LogP contribution in [-0.4, -0.2) is 60.5 Å². The Morgan fingerprint density at radius 2 is 2.15 bits per heavy atom. The summed E-state index contributed by atoms with van der Waals surface area (Å²) in [6.45, 7) is 2.40. The molecular weight excluding hydrogens is 348 g/mol. The molecule has 142 valence electrons. The number of nitrogens with one attached hydrogen (secondary N) is 1. The van der Waals surface area contributed by atoms with Crippen molar-refractivity contribution in [3.63, 3.8) is 0 Å². The number of amides is 1. The minimum atomic E-state index is -0.564.